The van der Waals surface area contributed by atoms with E-state index in [1.165, 1.54) is 69.6 Å². The van der Waals surface area contributed by atoms with Crippen LogP contribution in [0.4, 0.5) is 24.0 Å². The van der Waals surface area contributed by atoms with Gasteiger partial charge in [-0.25, -0.2) is 24.0 Å². The van der Waals surface area contributed by atoms with E-state index in [0.717, 1.165) is 47.9 Å². The lowest BCUT2D eigenvalue weighted by Gasteiger charge is -2.25. The largest absolute Gasteiger partial charge is 0.449 e. The summed E-state index contributed by atoms with van der Waals surface area (Å²) < 4.78 is 25.5. The molecule has 0 aromatic heterocycles. The third-order valence-corrected chi connectivity index (χ3v) is 17.9. The second-order valence-corrected chi connectivity index (χ2v) is 26.9. The molecule has 0 unspecified atom stereocenters. The molecule has 31 nitrogen and oxygen atoms in total. The summed E-state index contributed by atoms with van der Waals surface area (Å²) in [5.41, 5.74) is 4.19. The average molecular weight is 1570 g/mol. The van der Waals surface area contributed by atoms with Crippen molar-refractivity contribution >= 4 is 77.7 Å². The Morgan fingerprint density at radius 1 is 0.312 bits per heavy atom. The summed E-state index contributed by atoms with van der Waals surface area (Å²) in [6.07, 6.45) is 17.4. The van der Waals surface area contributed by atoms with Crippen molar-refractivity contribution in [3.63, 3.8) is 0 Å². The highest BCUT2D eigenvalue weighted by Crippen LogP contribution is 2.44. The van der Waals surface area contributed by atoms with E-state index in [1.807, 2.05) is 48.5 Å². The lowest BCUT2D eigenvalue weighted by atomic mass is 9.98. The van der Waals surface area contributed by atoms with Gasteiger partial charge in [-0.2, -0.15) is 0 Å². The van der Waals surface area contributed by atoms with Gasteiger partial charge in [-0.05, 0) is 80.0 Å². The fourth-order valence-corrected chi connectivity index (χ4v) is 12.0. The number of hydrogen-bond acceptors (Lipinski definition) is 18. The summed E-state index contributed by atoms with van der Waals surface area (Å²) in [5, 5.41) is 24.5. The van der Waals surface area contributed by atoms with E-state index in [0.29, 0.717) is 96.7 Å². The van der Waals surface area contributed by atoms with Crippen LogP contribution in [0.2, 0.25) is 0 Å². The molecule has 0 saturated carbocycles. The van der Waals surface area contributed by atoms with Crippen molar-refractivity contribution in [3.8, 4) is 11.1 Å². The predicted octanol–water partition coefficient (Wildman–Crippen LogP) is 8.34. The smallest absolute Gasteiger partial charge is 0.407 e. The highest BCUT2D eigenvalue weighted by molar-refractivity contribution is 5.88. The molecule has 31 heteroatoms. The fraction of sp³-hybridized carbons (Fsp3) is 0.593. The fourth-order valence-electron chi connectivity index (χ4n) is 12.0. The van der Waals surface area contributed by atoms with Gasteiger partial charge in [-0.15, -0.1) is 0 Å². The van der Waals surface area contributed by atoms with Gasteiger partial charge in [0.2, 0.25) is 47.3 Å². The van der Waals surface area contributed by atoms with Gasteiger partial charge in [0, 0.05) is 117 Å². The molecule has 1 aliphatic carbocycles. The first kappa shape index (κ1) is 95.7. The summed E-state index contributed by atoms with van der Waals surface area (Å²) in [6.45, 7) is 15.7. The van der Waals surface area contributed by atoms with Crippen LogP contribution < -0.4 is 47.9 Å². The number of benzene rings is 2. The van der Waals surface area contributed by atoms with E-state index in [9.17, 15) is 62.3 Å². The first-order valence-electron chi connectivity index (χ1n) is 39.7. The van der Waals surface area contributed by atoms with Crippen LogP contribution in [0.3, 0.4) is 0 Å². The molecule has 0 fully saturated rings. The zero-order valence-electron chi connectivity index (χ0n) is 66.0. The summed E-state index contributed by atoms with van der Waals surface area (Å²) in [6, 6.07) is 15.8. The number of hydrogen-bond donors (Lipinski definition) is 9. The Morgan fingerprint density at radius 2 is 0.554 bits per heavy atom. The molecular formula is C81H125N13O18. The van der Waals surface area contributed by atoms with E-state index in [4.69, 9.17) is 23.7 Å². The molecule has 0 radical (unpaired) electrons. The molecule has 0 bridgehead atoms. The minimum absolute atomic E-state index is 0.00281. The molecule has 3 rings (SSSR count). The van der Waals surface area contributed by atoms with Crippen molar-refractivity contribution in [3.05, 3.63) is 110 Å². The Morgan fingerprint density at radius 3 is 0.857 bits per heavy atom. The minimum atomic E-state index is -0.717. The van der Waals surface area contributed by atoms with E-state index in [-0.39, 0.29) is 154 Å². The number of fused-ring (bicyclic) bond motifs is 3. The van der Waals surface area contributed by atoms with Crippen molar-refractivity contribution in [1.29, 1.82) is 0 Å². The van der Waals surface area contributed by atoms with Crippen molar-refractivity contribution in [2.24, 2.45) is 0 Å². The second kappa shape index (κ2) is 61.2. The molecule has 0 spiro atoms. The van der Waals surface area contributed by atoms with Crippen LogP contribution in [0.15, 0.2) is 99.2 Å². The number of unbranched alkanes of at least 4 members (excludes halogenated alkanes) is 15. The molecule has 622 valence electrons. The Labute approximate surface area is 661 Å². The SMILES string of the molecule is C=CCOC(=O)NCCCCCC(=O)N(CCNC(=O)CN(CCNC(=O)CN(CCNC(=O)CN(CCNC(=O)OCC1c2ccccc2-c2ccccc21)C(=O)CCCCCNC(=O)OCC=C)C(=O)CCCCCNC(=O)OCC=C)C(=O)CCCCCNC(=O)OCC=C)CC(=O)NCCCCCCCCCC. The monoisotopic (exact) mass is 1570 g/mol. The molecule has 9 N–H and O–H groups in total. The molecular weight excluding hydrogens is 1440 g/mol. The van der Waals surface area contributed by atoms with Gasteiger partial charge < -0.3 is 91.1 Å². The third-order valence-electron chi connectivity index (χ3n) is 17.9. The molecule has 0 aliphatic heterocycles. The van der Waals surface area contributed by atoms with Crippen molar-refractivity contribution < 1.29 is 86.0 Å². The van der Waals surface area contributed by atoms with Crippen LogP contribution in [-0.2, 0) is 62.0 Å². The predicted molar refractivity (Wildman–Crippen MR) is 426 cm³/mol. The topological polar surface area (TPSA) is 389 Å². The van der Waals surface area contributed by atoms with Crippen LogP contribution in [0.5, 0.6) is 0 Å². The number of carbonyl (C=O) groups excluding carboxylic acids is 13. The van der Waals surface area contributed by atoms with Crippen LogP contribution in [0.1, 0.15) is 178 Å². The molecule has 13 amide bonds. The first-order valence-corrected chi connectivity index (χ1v) is 39.7. The van der Waals surface area contributed by atoms with Crippen LogP contribution >= 0.6 is 0 Å². The van der Waals surface area contributed by atoms with Crippen molar-refractivity contribution in [2.75, 3.05) is 144 Å². The highest BCUT2D eigenvalue weighted by Gasteiger charge is 2.30. The number of nitrogens with zero attached hydrogens (tertiary/aromatic N) is 4. The first-order chi connectivity index (χ1) is 54.3. The zero-order chi connectivity index (χ0) is 81.6. The summed E-state index contributed by atoms with van der Waals surface area (Å²) >= 11 is 0. The van der Waals surface area contributed by atoms with Gasteiger partial charge in [0.05, 0.1) is 26.2 Å². The molecule has 0 saturated heterocycles. The molecule has 112 heavy (non-hydrogen) atoms. The number of rotatable bonds is 63. The normalized spacial score (nSPS) is 11.0. The number of alkyl carbamates (subject to hydrolysis) is 5. The Balaban J connectivity index is 1.75. The zero-order valence-corrected chi connectivity index (χ0v) is 66.0. The van der Waals surface area contributed by atoms with E-state index >= 15 is 0 Å². The maximum absolute atomic E-state index is 14.0. The van der Waals surface area contributed by atoms with Crippen LogP contribution in [0, 0.1) is 0 Å². The van der Waals surface area contributed by atoms with Gasteiger partial charge in [0.15, 0.2) is 0 Å². The van der Waals surface area contributed by atoms with E-state index in [2.05, 4.69) is 81.1 Å². The lowest BCUT2D eigenvalue weighted by molar-refractivity contribution is -0.137. The van der Waals surface area contributed by atoms with Gasteiger partial charge in [-0.3, -0.25) is 38.4 Å². The quantitative estimate of drug-likeness (QED) is 0.0171. The Bertz CT molecular complexity index is 3200. The number of carbonyl (C=O) groups is 13. The van der Waals surface area contributed by atoms with E-state index < -0.39 is 79.6 Å². The standard InChI is InChI=1S/C81H125N13O18/c1-6-11-12-13-14-15-16-29-42-82-69(95)59-91(73(99)38-21-17-30-43-86-77(103)108-55-7-2)51-47-83-70(96)60-92(74(100)39-22-18-31-44-87-78(104)109-56-8-3)52-48-84-71(97)61-93(75(101)40-23-19-32-45-88-79(105)110-57-9-4)53-49-85-72(98)62-94(76(102)41-24-20-33-46-89-80(106)111-58-10-5)54-50-90-81(107)112-63-68-66-36-27-25-34-64(66)65-35-26-28-37-67(65)68/h7-10,25-28,34-37,68H,2-6,11-24,29-33,38-63H2,1H3,(H,82,95)(H,83,96)(H,84,97)(H,85,98)(H,86,103)(H,87,104)(H,88,105)(H,89,106)(H,90,107). The molecule has 1 aliphatic rings. The summed E-state index contributed by atoms with van der Waals surface area (Å²) in [7, 11) is 0. The van der Waals surface area contributed by atoms with Gasteiger partial charge in [-0.1, -0.05) is 177 Å². The van der Waals surface area contributed by atoms with Crippen molar-refractivity contribution in [1.82, 2.24) is 67.5 Å². The van der Waals surface area contributed by atoms with Crippen LogP contribution in [0.25, 0.3) is 11.1 Å². The number of ether oxygens (including phenoxy) is 5. The third kappa shape index (κ3) is 44.4. The second-order valence-electron chi connectivity index (χ2n) is 26.9. The maximum Gasteiger partial charge on any atom is 0.407 e. The highest BCUT2D eigenvalue weighted by atomic mass is 16.6. The van der Waals surface area contributed by atoms with Gasteiger partial charge >= 0.3 is 30.5 Å². The number of amides is 13. The Hall–Kier alpha value is -10.5. The Kier molecular flexibility index (Phi) is 52.3. The lowest BCUT2D eigenvalue weighted by Crippen LogP contribution is -2.49. The van der Waals surface area contributed by atoms with Gasteiger partial charge in [0.25, 0.3) is 0 Å². The maximum atomic E-state index is 14.0. The van der Waals surface area contributed by atoms with E-state index in [1.54, 1.807) is 0 Å². The van der Waals surface area contributed by atoms with Crippen molar-refractivity contribution in [2.45, 2.75) is 167 Å². The van der Waals surface area contributed by atoms with Gasteiger partial charge in [0.1, 0.15) is 33.0 Å². The molecule has 0 atom stereocenters. The molecule has 2 aromatic rings. The summed E-state index contributed by atoms with van der Waals surface area (Å²) in [5.74, 6) is -3.92. The molecule has 2 aromatic carbocycles. The number of nitrogens with one attached hydrogen (secondary N) is 9. The molecule has 0 heterocycles. The minimum Gasteiger partial charge on any atom is -0.449 e. The average Bonchev–Trinajstić information content (AvgIpc) is 1.62. The van der Waals surface area contributed by atoms with Crippen LogP contribution in [-0.4, -0.2) is 242 Å². The summed E-state index contributed by atoms with van der Waals surface area (Å²) in [4.78, 5) is 177.